The monoisotopic (exact) mass is 247 g/mol. The third kappa shape index (κ3) is 2.76. The molecule has 18 heavy (non-hydrogen) atoms. The summed E-state index contributed by atoms with van der Waals surface area (Å²) in [7, 11) is 1.88. The summed E-state index contributed by atoms with van der Waals surface area (Å²) in [6, 6.07) is 7.43. The second kappa shape index (κ2) is 5.31. The molecular weight excluding hydrogens is 229 g/mol. The Hall–Kier alpha value is -1.68. The first-order valence-corrected chi connectivity index (χ1v) is 6.08. The fraction of sp³-hybridized carbons (Fsp3) is 0.357. The highest BCUT2D eigenvalue weighted by Gasteiger charge is 2.08. The average molecular weight is 247 g/mol. The van der Waals surface area contributed by atoms with E-state index in [2.05, 4.69) is 10.4 Å². The van der Waals surface area contributed by atoms with Gasteiger partial charge in [-0.2, -0.15) is 5.10 Å². The maximum absolute atomic E-state index is 13.7. The molecule has 0 saturated heterocycles. The quantitative estimate of drug-likeness (QED) is 0.900. The molecule has 3 nitrogen and oxygen atoms in total. The highest BCUT2D eigenvalue weighted by atomic mass is 19.1. The minimum absolute atomic E-state index is 0.172. The van der Waals surface area contributed by atoms with Crippen molar-refractivity contribution in [2.75, 3.05) is 0 Å². The van der Waals surface area contributed by atoms with E-state index in [1.807, 2.05) is 33.0 Å². The van der Waals surface area contributed by atoms with Gasteiger partial charge in [0.1, 0.15) is 5.82 Å². The van der Waals surface area contributed by atoms with Gasteiger partial charge in [0.2, 0.25) is 0 Å². The van der Waals surface area contributed by atoms with Gasteiger partial charge in [0.25, 0.3) is 0 Å². The number of nitrogens with one attached hydrogen (secondary N) is 1. The van der Waals surface area contributed by atoms with Crippen molar-refractivity contribution in [1.82, 2.24) is 15.1 Å². The molecule has 1 heterocycles. The molecule has 1 aromatic heterocycles. The summed E-state index contributed by atoms with van der Waals surface area (Å²) in [5.74, 6) is -0.172. The second-order valence-electron chi connectivity index (χ2n) is 4.68. The molecule has 2 rings (SSSR count). The average Bonchev–Trinajstić information content (AvgIpc) is 2.74. The highest BCUT2D eigenvalue weighted by molar-refractivity contribution is 5.60. The Morgan fingerprint density at radius 1 is 1.33 bits per heavy atom. The van der Waals surface area contributed by atoms with Crippen molar-refractivity contribution in [3.8, 4) is 11.3 Å². The molecule has 0 bridgehead atoms. The molecular formula is C14H18FN3. The fourth-order valence-electron chi connectivity index (χ4n) is 1.84. The van der Waals surface area contributed by atoms with E-state index in [0.29, 0.717) is 18.2 Å². The number of hydrogen-bond acceptors (Lipinski definition) is 2. The maximum atomic E-state index is 13.7. The van der Waals surface area contributed by atoms with Gasteiger partial charge < -0.3 is 5.32 Å². The van der Waals surface area contributed by atoms with Crippen LogP contribution >= 0.6 is 0 Å². The molecule has 2 aromatic rings. The number of rotatable bonds is 4. The van der Waals surface area contributed by atoms with Crippen LogP contribution in [0.1, 0.15) is 19.4 Å². The lowest BCUT2D eigenvalue weighted by atomic mass is 10.1. The lowest BCUT2D eigenvalue weighted by Gasteiger charge is -2.10. The van der Waals surface area contributed by atoms with Crippen LogP contribution in [0.3, 0.4) is 0 Å². The Bertz CT molecular complexity index is 532. The SMILES string of the molecule is CC(C)NCc1cc(-c2ccnn2C)ccc1F. The molecule has 96 valence electrons. The summed E-state index contributed by atoms with van der Waals surface area (Å²) in [5, 5.41) is 7.35. The summed E-state index contributed by atoms with van der Waals surface area (Å²) in [6.45, 7) is 4.63. The Morgan fingerprint density at radius 2 is 2.11 bits per heavy atom. The van der Waals surface area contributed by atoms with E-state index in [9.17, 15) is 4.39 Å². The van der Waals surface area contributed by atoms with Crippen LogP contribution in [0.5, 0.6) is 0 Å². The first-order valence-electron chi connectivity index (χ1n) is 6.08. The van der Waals surface area contributed by atoms with Gasteiger partial charge in [0.15, 0.2) is 0 Å². The number of hydrogen-bond donors (Lipinski definition) is 1. The van der Waals surface area contributed by atoms with E-state index in [-0.39, 0.29) is 5.82 Å². The third-order valence-electron chi connectivity index (χ3n) is 2.86. The standard InChI is InChI=1S/C14H18FN3/c1-10(2)16-9-12-8-11(4-5-13(12)15)14-6-7-17-18(14)3/h4-8,10,16H,9H2,1-3H3. The molecule has 0 amide bonds. The topological polar surface area (TPSA) is 29.9 Å². The summed E-state index contributed by atoms with van der Waals surface area (Å²) in [5.41, 5.74) is 2.65. The molecule has 0 unspecified atom stereocenters. The molecule has 0 aliphatic carbocycles. The number of aromatic nitrogens is 2. The van der Waals surface area contributed by atoms with Crippen LogP contribution in [0, 0.1) is 5.82 Å². The number of benzene rings is 1. The molecule has 0 aliphatic heterocycles. The summed E-state index contributed by atoms with van der Waals surface area (Å²) >= 11 is 0. The van der Waals surface area contributed by atoms with Crippen LogP contribution in [-0.2, 0) is 13.6 Å². The van der Waals surface area contributed by atoms with Crippen molar-refractivity contribution in [3.05, 3.63) is 41.8 Å². The summed E-state index contributed by atoms with van der Waals surface area (Å²) < 4.78 is 15.5. The molecule has 1 N–H and O–H groups in total. The van der Waals surface area contributed by atoms with Crippen molar-refractivity contribution < 1.29 is 4.39 Å². The summed E-state index contributed by atoms with van der Waals surface area (Å²) in [4.78, 5) is 0. The van der Waals surface area contributed by atoms with Gasteiger partial charge in [-0.05, 0) is 24.3 Å². The molecule has 0 fully saturated rings. The molecule has 0 spiro atoms. The van der Waals surface area contributed by atoms with E-state index in [1.54, 1.807) is 16.9 Å². The molecule has 0 aliphatic rings. The minimum Gasteiger partial charge on any atom is -0.310 e. The van der Waals surface area contributed by atoms with Crippen molar-refractivity contribution in [3.63, 3.8) is 0 Å². The molecule has 1 aromatic carbocycles. The van der Waals surface area contributed by atoms with E-state index in [4.69, 9.17) is 0 Å². The van der Waals surface area contributed by atoms with Crippen molar-refractivity contribution >= 4 is 0 Å². The molecule has 0 atom stereocenters. The maximum Gasteiger partial charge on any atom is 0.127 e. The zero-order valence-corrected chi connectivity index (χ0v) is 10.9. The van der Waals surface area contributed by atoms with Crippen LogP contribution in [0.15, 0.2) is 30.5 Å². The van der Waals surface area contributed by atoms with Crippen molar-refractivity contribution in [2.24, 2.45) is 7.05 Å². The second-order valence-corrected chi connectivity index (χ2v) is 4.68. The van der Waals surface area contributed by atoms with Crippen LogP contribution in [0.4, 0.5) is 4.39 Å². The van der Waals surface area contributed by atoms with E-state index < -0.39 is 0 Å². The van der Waals surface area contributed by atoms with Crippen molar-refractivity contribution in [2.45, 2.75) is 26.4 Å². The van der Waals surface area contributed by atoms with E-state index in [0.717, 1.165) is 11.3 Å². The first kappa shape index (κ1) is 12.8. The number of nitrogens with zero attached hydrogens (tertiary/aromatic N) is 2. The van der Waals surface area contributed by atoms with Crippen LogP contribution in [-0.4, -0.2) is 15.8 Å². The molecule has 0 saturated carbocycles. The summed E-state index contributed by atoms with van der Waals surface area (Å²) in [6.07, 6.45) is 1.74. The van der Waals surface area contributed by atoms with Crippen molar-refractivity contribution in [1.29, 1.82) is 0 Å². The van der Waals surface area contributed by atoms with Crippen LogP contribution < -0.4 is 5.32 Å². The van der Waals surface area contributed by atoms with Gasteiger partial charge in [-0.3, -0.25) is 4.68 Å². The first-order chi connectivity index (χ1) is 8.58. The lowest BCUT2D eigenvalue weighted by Crippen LogP contribution is -2.22. The number of halogens is 1. The fourth-order valence-corrected chi connectivity index (χ4v) is 1.84. The predicted octanol–water partition coefficient (Wildman–Crippen LogP) is 2.72. The zero-order valence-electron chi connectivity index (χ0n) is 10.9. The third-order valence-corrected chi connectivity index (χ3v) is 2.86. The van der Waals surface area contributed by atoms with Gasteiger partial charge in [-0.25, -0.2) is 4.39 Å². The lowest BCUT2D eigenvalue weighted by molar-refractivity contribution is 0.553. The van der Waals surface area contributed by atoms with Gasteiger partial charge in [0.05, 0.1) is 5.69 Å². The number of aryl methyl sites for hydroxylation is 1. The van der Waals surface area contributed by atoms with Crippen LogP contribution in [0.25, 0.3) is 11.3 Å². The minimum atomic E-state index is -0.172. The Kier molecular flexibility index (Phi) is 3.77. The van der Waals surface area contributed by atoms with E-state index >= 15 is 0 Å². The predicted molar refractivity (Wildman–Crippen MR) is 70.6 cm³/mol. The van der Waals surface area contributed by atoms with Crippen LogP contribution in [0.2, 0.25) is 0 Å². The molecule has 4 heteroatoms. The van der Waals surface area contributed by atoms with Gasteiger partial charge in [-0.1, -0.05) is 13.8 Å². The molecule has 0 radical (unpaired) electrons. The Morgan fingerprint density at radius 3 is 2.72 bits per heavy atom. The largest absolute Gasteiger partial charge is 0.310 e. The Balaban J connectivity index is 2.29. The zero-order chi connectivity index (χ0) is 13.1. The van der Waals surface area contributed by atoms with Gasteiger partial charge in [0, 0.05) is 37.0 Å². The van der Waals surface area contributed by atoms with Gasteiger partial charge in [-0.15, -0.1) is 0 Å². The Labute approximate surface area is 107 Å². The smallest absolute Gasteiger partial charge is 0.127 e. The van der Waals surface area contributed by atoms with Gasteiger partial charge >= 0.3 is 0 Å². The normalized spacial score (nSPS) is 11.2. The van der Waals surface area contributed by atoms with E-state index in [1.165, 1.54) is 6.07 Å². The highest BCUT2D eigenvalue weighted by Crippen LogP contribution is 2.21.